The Hall–Kier alpha value is -2.17. The van der Waals surface area contributed by atoms with Gasteiger partial charge in [0.15, 0.2) is 0 Å². The minimum absolute atomic E-state index is 0.150. The van der Waals surface area contributed by atoms with E-state index in [2.05, 4.69) is 13.2 Å². The molecule has 0 amide bonds. The molecule has 1 aliphatic carbocycles. The van der Waals surface area contributed by atoms with E-state index in [0.717, 1.165) is 31.2 Å². The molecule has 2 aromatic carbocycles. The lowest BCUT2D eigenvalue weighted by atomic mass is 9.98. The first-order valence-corrected chi connectivity index (χ1v) is 10.3. The van der Waals surface area contributed by atoms with Gasteiger partial charge in [-0.05, 0) is 36.1 Å². The van der Waals surface area contributed by atoms with Gasteiger partial charge in [0.25, 0.3) is 10.1 Å². The molecule has 0 aliphatic heterocycles. The van der Waals surface area contributed by atoms with Crippen molar-refractivity contribution in [3.63, 3.8) is 0 Å². The van der Waals surface area contributed by atoms with Crippen LogP contribution in [0.15, 0.2) is 72.7 Å². The fourth-order valence-electron chi connectivity index (χ4n) is 2.76. The van der Waals surface area contributed by atoms with Crippen molar-refractivity contribution in [2.24, 2.45) is 0 Å². The minimum atomic E-state index is -3.62. The van der Waals surface area contributed by atoms with Gasteiger partial charge < -0.3 is 0 Å². The van der Waals surface area contributed by atoms with Crippen LogP contribution in [-0.4, -0.2) is 14.5 Å². The molecule has 138 valence electrons. The summed E-state index contributed by atoms with van der Waals surface area (Å²) in [6.07, 6.45) is 8.31. The average Bonchev–Trinajstić information content (AvgIpc) is 2.69. The van der Waals surface area contributed by atoms with E-state index in [4.69, 9.17) is 4.18 Å². The molecule has 3 rings (SSSR count). The maximum absolute atomic E-state index is 12.1. The zero-order valence-corrected chi connectivity index (χ0v) is 15.8. The van der Waals surface area contributed by atoms with Gasteiger partial charge in [0, 0.05) is 0 Å². The maximum Gasteiger partial charge on any atom is 0.297 e. The third kappa shape index (κ3) is 6.28. The molecule has 0 spiro atoms. The largest absolute Gasteiger partial charge is 0.297 e. The van der Waals surface area contributed by atoms with Crippen LogP contribution in [-0.2, 0) is 14.3 Å². The van der Waals surface area contributed by atoms with Crippen LogP contribution in [0, 0.1) is 0 Å². The number of benzene rings is 2. The first-order valence-electron chi connectivity index (χ1n) is 8.88. The van der Waals surface area contributed by atoms with Crippen molar-refractivity contribution in [3.8, 4) is 0 Å². The third-order valence-corrected chi connectivity index (χ3v) is 5.63. The summed E-state index contributed by atoms with van der Waals surface area (Å²) in [4.78, 5) is 0.221. The normalized spacial score (nSPS) is 14.8. The lowest BCUT2D eigenvalue weighted by molar-refractivity contribution is 0.162. The van der Waals surface area contributed by atoms with Gasteiger partial charge in [0.2, 0.25) is 0 Å². The van der Waals surface area contributed by atoms with Gasteiger partial charge in [-0.15, -0.1) is 0 Å². The van der Waals surface area contributed by atoms with E-state index in [0.29, 0.717) is 0 Å². The Balaban J connectivity index is 0.000000254. The summed E-state index contributed by atoms with van der Waals surface area (Å²) in [5.41, 5.74) is 2.07. The van der Waals surface area contributed by atoms with Crippen molar-refractivity contribution < 1.29 is 12.6 Å². The fraction of sp³-hybridized carbons (Fsp3) is 0.273. The second-order valence-corrected chi connectivity index (χ2v) is 7.77. The number of hydrogen-bond donors (Lipinski definition) is 0. The molecule has 3 nitrogen and oxygen atoms in total. The highest BCUT2D eigenvalue weighted by molar-refractivity contribution is 7.86. The fourth-order valence-corrected chi connectivity index (χ4v) is 3.89. The van der Waals surface area contributed by atoms with E-state index in [1.807, 2.05) is 36.4 Å². The Morgan fingerprint density at radius 3 is 1.85 bits per heavy atom. The summed E-state index contributed by atoms with van der Waals surface area (Å²) in [5.74, 6) is 0. The molecule has 1 fully saturated rings. The predicted molar refractivity (Wildman–Crippen MR) is 108 cm³/mol. The molecule has 0 heterocycles. The van der Waals surface area contributed by atoms with E-state index in [9.17, 15) is 8.42 Å². The smallest absolute Gasteiger partial charge is 0.263 e. The van der Waals surface area contributed by atoms with Gasteiger partial charge in [0.05, 0.1) is 11.0 Å². The molecule has 0 aromatic heterocycles. The van der Waals surface area contributed by atoms with Gasteiger partial charge in [-0.1, -0.05) is 87.0 Å². The Morgan fingerprint density at radius 2 is 1.35 bits per heavy atom. The summed E-state index contributed by atoms with van der Waals surface area (Å²) in [5, 5.41) is 0. The first kappa shape index (κ1) is 20.1. The monoisotopic (exact) mass is 370 g/mol. The average molecular weight is 371 g/mol. The summed E-state index contributed by atoms with van der Waals surface area (Å²) in [6, 6.07) is 16.6. The summed E-state index contributed by atoms with van der Waals surface area (Å²) >= 11 is 0. The number of hydrogen-bond acceptors (Lipinski definition) is 3. The zero-order valence-electron chi connectivity index (χ0n) is 15.0. The summed E-state index contributed by atoms with van der Waals surface area (Å²) in [7, 11) is -3.62. The van der Waals surface area contributed by atoms with Crippen molar-refractivity contribution in [3.05, 3.63) is 78.9 Å². The van der Waals surface area contributed by atoms with Crippen LogP contribution in [0.4, 0.5) is 0 Å². The molecule has 0 radical (unpaired) electrons. The van der Waals surface area contributed by atoms with Crippen LogP contribution < -0.4 is 0 Å². The van der Waals surface area contributed by atoms with Crippen LogP contribution in [0.5, 0.6) is 0 Å². The van der Waals surface area contributed by atoms with Crippen LogP contribution in [0.1, 0.15) is 43.2 Å². The lowest BCUT2D eigenvalue weighted by Crippen LogP contribution is -2.21. The topological polar surface area (TPSA) is 43.4 Å². The van der Waals surface area contributed by atoms with E-state index >= 15 is 0 Å². The first-order chi connectivity index (χ1) is 12.5. The molecule has 0 bridgehead atoms. The highest BCUT2D eigenvalue weighted by atomic mass is 32.2. The van der Waals surface area contributed by atoms with Gasteiger partial charge in [-0.2, -0.15) is 8.42 Å². The van der Waals surface area contributed by atoms with Crippen molar-refractivity contribution in [2.45, 2.75) is 43.1 Å². The molecule has 0 atom stereocenters. The Morgan fingerprint density at radius 1 is 0.808 bits per heavy atom. The molecule has 2 aromatic rings. The van der Waals surface area contributed by atoms with Gasteiger partial charge >= 0.3 is 0 Å². The highest BCUT2D eigenvalue weighted by Crippen LogP contribution is 2.24. The maximum atomic E-state index is 12.1. The summed E-state index contributed by atoms with van der Waals surface area (Å²) < 4.78 is 29.4. The van der Waals surface area contributed by atoms with Gasteiger partial charge in [-0.25, -0.2) is 0 Å². The highest BCUT2D eigenvalue weighted by Gasteiger charge is 2.23. The van der Waals surface area contributed by atoms with Crippen molar-refractivity contribution in [1.29, 1.82) is 0 Å². The number of rotatable bonds is 5. The second kappa shape index (κ2) is 10.1. The Bertz CT molecular complexity index is 787. The lowest BCUT2D eigenvalue weighted by Gasteiger charge is -2.21. The van der Waals surface area contributed by atoms with Gasteiger partial charge in [-0.3, -0.25) is 4.18 Å². The van der Waals surface area contributed by atoms with Crippen molar-refractivity contribution in [2.75, 3.05) is 0 Å². The van der Waals surface area contributed by atoms with Crippen LogP contribution in [0.25, 0.3) is 12.2 Å². The van der Waals surface area contributed by atoms with Crippen molar-refractivity contribution >= 4 is 22.3 Å². The van der Waals surface area contributed by atoms with E-state index in [1.54, 1.807) is 30.3 Å². The molecule has 0 unspecified atom stereocenters. The Labute approximate surface area is 157 Å². The minimum Gasteiger partial charge on any atom is -0.263 e. The third-order valence-electron chi connectivity index (χ3n) is 4.25. The molecule has 0 N–H and O–H groups in total. The molecule has 26 heavy (non-hydrogen) atoms. The summed E-state index contributed by atoms with van der Waals surface area (Å²) in [6.45, 7) is 7.27. The van der Waals surface area contributed by atoms with E-state index < -0.39 is 10.1 Å². The SMILES string of the molecule is C=Cc1ccc(S(=O)(=O)OC2CCCCC2)cc1.C=Cc1ccccc1. The molecule has 1 aliphatic rings. The van der Waals surface area contributed by atoms with Crippen molar-refractivity contribution in [1.82, 2.24) is 0 Å². The quantitative estimate of drug-likeness (QED) is 0.634. The zero-order chi connectivity index (χ0) is 18.8. The van der Waals surface area contributed by atoms with Crippen LogP contribution >= 0.6 is 0 Å². The second-order valence-electron chi connectivity index (χ2n) is 6.20. The van der Waals surface area contributed by atoms with E-state index in [1.165, 1.54) is 12.0 Å². The predicted octanol–water partition coefficient (Wildman–Crippen LogP) is 5.70. The molecule has 4 heteroatoms. The van der Waals surface area contributed by atoms with Crippen LogP contribution in [0.2, 0.25) is 0 Å². The molecule has 0 saturated heterocycles. The van der Waals surface area contributed by atoms with Crippen LogP contribution in [0.3, 0.4) is 0 Å². The standard InChI is InChI=1S/C14H18O3S.C8H8/c1-2-12-8-10-14(11-9-12)18(15,16)17-13-6-4-3-5-7-13;1-2-8-6-4-3-5-7-8/h2,8-11,13H,1,3-7H2;2-7H,1H2. The Kier molecular flexibility index (Phi) is 7.82. The molecule has 1 saturated carbocycles. The molecular weight excluding hydrogens is 344 g/mol. The van der Waals surface area contributed by atoms with E-state index in [-0.39, 0.29) is 11.0 Å². The molecular formula is C22H26O3S. The van der Waals surface area contributed by atoms with Gasteiger partial charge in [0.1, 0.15) is 0 Å².